The van der Waals surface area contributed by atoms with Crippen molar-refractivity contribution in [2.75, 3.05) is 32.8 Å². The van der Waals surface area contributed by atoms with Gasteiger partial charge in [0, 0.05) is 26.6 Å². The highest BCUT2D eigenvalue weighted by molar-refractivity contribution is 7.21. The number of carbonyl (C=O) groups is 1. The van der Waals surface area contributed by atoms with Crippen LogP contribution >= 0.6 is 11.3 Å². The zero-order valence-corrected chi connectivity index (χ0v) is 15.7. The molecule has 1 aliphatic rings. The van der Waals surface area contributed by atoms with Crippen molar-refractivity contribution in [3.05, 3.63) is 36.0 Å². The van der Waals surface area contributed by atoms with E-state index in [-0.39, 0.29) is 5.78 Å². The van der Waals surface area contributed by atoms with Crippen molar-refractivity contribution >= 4 is 27.3 Å². The van der Waals surface area contributed by atoms with Crippen molar-refractivity contribution in [2.24, 2.45) is 7.05 Å². The summed E-state index contributed by atoms with van der Waals surface area (Å²) in [7, 11) is 1.87. The van der Waals surface area contributed by atoms with Crippen LogP contribution in [-0.4, -0.2) is 58.3 Å². The predicted octanol–water partition coefficient (Wildman–Crippen LogP) is 2.99. The van der Waals surface area contributed by atoms with Crippen LogP contribution in [0.4, 0.5) is 0 Å². The number of fused-ring (bicyclic) bond motifs is 1. The number of Topliss-reactive ketones (excluding diaryl/α,β-unsaturated/α-hetero) is 1. The third-order valence-electron chi connectivity index (χ3n) is 4.66. The van der Waals surface area contributed by atoms with Crippen LogP contribution < -0.4 is 0 Å². The number of hydrogen-bond acceptors (Lipinski definition) is 6. The second kappa shape index (κ2) is 7.65. The summed E-state index contributed by atoms with van der Waals surface area (Å²) in [6.45, 7) is 4.44. The molecule has 0 saturated carbocycles. The van der Waals surface area contributed by atoms with Crippen molar-refractivity contribution in [3.8, 4) is 10.7 Å². The van der Waals surface area contributed by atoms with E-state index in [1.807, 2.05) is 31.3 Å². The maximum atomic E-state index is 12.5. The second-order valence-corrected chi connectivity index (χ2v) is 7.54. The van der Waals surface area contributed by atoms with Crippen molar-refractivity contribution < 1.29 is 9.53 Å². The summed E-state index contributed by atoms with van der Waals surface area (Å²) in [6.07, 6.45) is 1.37. The van der Waals surface area contributed by atoms with Crippen molar-refractivity contribution in [1.82, 2.24) is 19.7 Å². The zero-order chi connectivity index (χ0) is 17.9. The number of aromatic nitrogens is 3. The molecule has 4 rings (SSSR count). The summed E-state index contributed by atoms with van der Waals surface area (Å²) in [5, 5.41) is 5.32. The molecule has 136 valence electrons. The molecular weight excluding hydrogens is 348 g/mol. The fourth-order valence-corrected chi connectivity index (χ4v) is 4.21. The lowest BCUT2D eigenvalue weighted by Gasteiger charge is -2.26. The lowest BCUT2D eigenvalue weighted by Crippen LogP contribution is -2.36. The molecule has 3 aromatic rings. The van der Waals surface area contributed by atoms with Gasteiger partial charge >= 0.3 is 0 Å². The van der Waals surface area contributed by atoms with E-state index in [1.54, 1.807) is 16.0 Å². The van der Waals surface area contributed by atoms with E-state index in [1.165, 1.54) is 0 Å². The first-order valence-electron chi connectivity index (χ1n) is 8.94. The largest absolute Gasteiger partial charge is 0.379 e. The van der Waals surface area contributed by atoms with Gasteiger partial charge in [-0.2, -0.15) is 5.10 Å². The number of benzene rings is 1. The van der Waals surface area contributed by atoms with Crippen LogP contribution in [-0.2, 0) is 11.8 Å². The number of rotatable bonds is 6. The Morgan fingerprint density at radius 3 is 2.88 bits per heavy atom. The van der Waals surface area contributed by atoms with Crippen LogP contribution in [0.2, 0.25) is 0 Å². The van der Waals surface area contributed by atoms with E-state index in [0.29, 0.717) is 12.1 Å². The Kier molecular flexibility index (Phi) is 5.10. The third-order valence-corrected chi connectivity index (χ3v) is 5.72. The van der Waals surface area contributed by atoms with Crippen LogP contribution in [0, 0.1) is 0 Å². The quantitative estimate of drug-likeness (QED) is 0.624. The van der Waals surface area contributed by atoms with Crippen LogP contribution in [0.25, 0.3) is 20.9 Å². The number of nitrogens with zero attached hydrogens (tertiary/aromatic N) is 4. The van der Waals surface area contributed by atoms with Gasteiger partial charge in [0.1, 0.15) is 10.7 Å². The molecular formula is C19H22N4O2S. The van der Waals surface area contributed by atoms with Gasteiger partial charge in [-0.3, -0.25) is 14.4 Å². The smallest absolute Gasteiger partial charge is 0.183 e. The molecule has 7 heteroatoms. The number of para-hydroxylation sites is 1. The predicted molar refractivity (Wildman–Crippen MR) is 103 cm³/mol. The van der Waals surface area contributed by atoms with Crippen molar-refractivity contribution in [1.29, 1.82) is 0 Å². The number of ether oxygens (including phenoxy) is 1. The number of morpholine rings is 1. The molecule has 26 heavy (non-hydrogen) atoms. The standard InChI is InChI=1S/C19H22N4O2S/c1-22-16(19-20-14-5-2-3-7-18(14)26-19)13-15(21-22)17(24)6-4-8-23-9-11-25-12-10-23/h2-3,5,7,13H,4,6,8-12H2,1H3. The van der Waals surface area contributed by atoms with E-state index < -0.39 is 0 Å². The molecule has 0 amide bonds. The van der Waals surface area contributed by atoms with Crippen LogP contribution in [0.1, 0.15) is 23.3 Å². The van der Waals surface area contributed by atoms with Crippen LogP contribution in [0.3, 0.4) is 0 Å². The Bertz CT molecular complexity index is 878. The highest BCUT2D eigenvalue weighted by Crippen LogP contribution is 2.30. The number of thiazole rings is 1. The topological polar surface area (TPSA) is 60.2 Å². The average Bonchev–Trinajstić information content (AvgIpc) is 3.25. The number of hydrogen-bond donors (Lipinski definition) is 0. The average molecular weight is 370 g/mol. The van der Waals surface area contributed by atoms with E-state index in [4.69, 9.17) is 4.74 Å². The fourth-order valence-electron chi connectivity index (χ4n) is 3.20. The molecule has 1 aliphatic heterocycles. The molecule has 0 unspecified atom stereocenters. The molecule has 0 aliphatic carbocycles. The minimum Gasteiger partial charge on any atom is -0.379 e. The first-order valence-corrected chi connectivity index (χ1v) is 9.75. The van der Waals surface area contributed by atoms with E-state index in [2.05, 4.69) is 21.0 Å². The Hall–Kier alpha value is -2.09. The number of carbonyl (C=O) groups excluding carboxylic acids is 1. The third kappa shape index (κ3) is 3.70. The van der Waals surface area contributed by atoms with Gasteiger partial charge in [-0.15, -0.1) is 11.3 Å². The zero-order valence-electron chi connectivity index (χ0n) is 14.9. The van der Waals surface area contributed by atoms with Gasteiger partial charge < -0.3 is 4.74 Å². The molecule has 0 atom stereocenters. The Balaban J connectivity index is 1.42. The van der Waals surface area contributed by atoms with Crippen molar-refractivity contribution in [3.63, 3.8) is 0 Å². The molecule has 0 N–H and O–H groups in total. The number of aryl methyl sites for hydroxylation is 1. The summed E-state index contributed by atoms with van der Waals surface area (Å²) in [6, 6.07) is 9.93. The SMILES string of the molecule is Cn1nc(C(=O)CCCN2CCOCC2)cc1-c1nc2ccccc2s1. The summed E-state index contributed by atoms with van der Waals surface area (Å²) in [5.41, 5.74) is 2.40. The minimum atomic E-state index is 0.0984. The van der Waals surface area contributed by atoms with Gasteiger partial charge in [0.25, 0.3) is 0 Å². The van der Waals surface area contributed by atoms with Crippen molar-refractivity contribution in [2.45, 2.75) is 12.8 Å². The first-order chi connectivity index (χ1) is 12.7. The Morgan fingerprint density at radius 2 is 2.08 bits per heavy atom. The lowest BCUT2D eigenvalue weighted by molar-refractivity contribution is 0.0371. The fraction of sp³-hybridized carbons (Fsp3) is 0.421. The summed E-state index contributed by atoms with van der Waals surface area (Å²) in [4.78, 5) is 19.5. The van der Waals surface area contributed by atoms with Gasteiger partial charge in [-0.05, 0) is 31.2 Å². The molecule has 1 fully saturated rings. The van der Waals surface area contributed by atoms with Gasteiger partial charge in [-0.25, -0.2) is 4.98 Å². The van der Waals surface area contributed by atoms with Crippen LogP contribution in [0.5, 0.6) is 0 Å². The van der Waals surface area contributed by atoms with Gasteiger partial charge in [0.15, 0.2) is 5.78 Å². The first kappa shape index (κ1) is 17.3. The number of ketones is 1. The van der Waals surface area contributed by atoms with E-state index in [9.17, 15) is 4.79 Å². The summed E-state index contributed by atoms with van der Waals surface area (Å²) in [5.74, 6) is 0.0984. The lowest BCUT2D eigenvalue weighted by atomic mass is 10.1. The van der Waals surface area contributed by atoms with E-state index in [0.717, 1.165) is 60.2 Å². The molecule has 0 spiro atoms. The molecule has 3 heterocycles. The van der Waals surface area contributed by atoms with Gasteiger partial charge in [0.05, 0.1) is 29.1 Å². The minimum absolute atomic E-state index is 0.0984. The van der Waals surface area contributed by atoms with Gasteiger partial charge in [-0.1, -0.05) is 12.1 Å². The molecule has 0 bridgehead atoms. The Morgan fingerprint density at radius 1 is 1.27 bits per heavy atom. The Labute approximate surface area is 156 Å². The van der Waals surface area contributed by atoms with E-state index >= 15 is 0 Å². The van der Waals surface area contributed by atoms with Gasteiger partial charge in [0.2, 0.25) is 0 Å². The maximum absolute atomic E-state index is 12.5. The highest BCUT2D eigenvalue weighted by Gasteiger charge is 2.17. The molecule has 1 saturated heterocycles. The maximum Gasteiger partial charge on any atom is 0.183 e. The summed E-state index contributed by atoms with van der Waals surface area (Å²) < 4.78 is 8.25. The molecule has 0 radical (unpaired) electrons. The summed E-state index contributed by atoms with van der Waals surface area (Å²) >= 11 is 1.62. The highest BCUT2D eigenvalue weighted by atomic mass is 32.1. The second-order valence-electron chi connectivity index (χ2n) is 6.51. The molecule has 2 aromatic heterocycles. The van der Waals surface area contributed by atoms with Crippen LogP contribution in [0.15, 0.2) is 30.3 Å². The normalized spacial score (nSPS) is 15.6. The molecule has 6 nitrogen and oxygen atoms in total. The monoisotopic (exact) mass is 370 g/mol. The molecule has 1 aromatic carbocycles.